The Bertz CT molecular complexity index is 673. The number of nitrogens with zero attached hydrogens (tertiary/aromatic N) is 3. The van der Waals surface area contributed by atoms with Gasteiger partial charge in [0.1, 0.15) is 5.57 Å². The number of carbonyl (C=O) groups excluding carboxylic acids is 2. The highest BCUT2D eigenvalue weighted by Gasteiger charge is 2.37. The fourth-order valence-electron chi connectivity index (χ4n) is 3.49. The molecule has 3 rings (SSSR count). The fourth-order valence-corrected chi connectivity index (χ4v) is 3.92. The van der Waals surface area contributed by atoms with Crippen LogP contribution in [0.5, 0.6) is 0 Å². The van der Waals surface area contributed by atoms with E-state index in [1.807, 2.05) is 32.3 Å². The van der Waals surface area contributed by atoms with Crippen molar-refractivity contribution in [2.45, 2.75) is 45.6 Å². The molecule has 1 saturated heterocycles. The average molecular weight is 345 g/mol. The monoisotopic (exact) mass is 345 g/mol. The number of aromatic nitrogens is 1. The summed E-state index contributed by atoms with van der Waals surface area (Å²) in [7, 11) is 0. The van der Waals surface area contributed by atoms with Gasteiger partial charge in [-0.05, 0) is 56.6 Å². The number of hydrogen-bond donors (Lipinski definition) is 0. The second kappa shape index (κ2) is 6.89. The molecule has 0 radical (unpaired) electrons. The van der Waals surface area contributed by atoms with E-state index in [0.29, 0.717) is 24.2 Å². The average Bonchev–Trinajstić information content (AvgIpc) is 3.24. The van der Waals surface area contributed by atoms with Crippen LogP contribution in [0.3, 0.4) is 0 Å². The molecular weight excluding hydrogens is 322 g/mol. The second-order valence-electron chi connectivity index (χ2n) is 6.27. The van der Waals surface area contributed by atoms with Gasteiger partial charge in [-0.15, -0.1) is 0 Å². The Morgan fingerprint density at radius 2 is 1.71 bits per heavy atom. The molecule has 1 aliphatic carbocycles. The van der Waals surface area contributed by atoms with E-state index in [1.165, 1.54) is 35.5 Å². The van der Waals surface area contributed by atoms with E-state index in [4.69, 9.17) is 12.2 Å². The van der Waals surface area contributed by atoms with Crippen LogP contribution in [0.1, 0.15) is 51.1 Å². The van der Waals surface area contributed by atoms with Gasteiger partial charge >= 0.3 is 0 Å². The van der Waals surface area contributed by atoms with Crippen molar-refractivity contribution in [3.05, 3.63) is 29.6 Å². The van der Waals surface area contributed by atoms with Gasteiger partial charge in [0, 0.05) is 31.5 Å². The molecular formula is C18H23N3O2S. The highest BCUT2D eigenvalue weighted by molar-refractivity contribution is 7.80. The largest absolute Gasteiger partial charge is 0.351 e. The van der Waals surface area contributed by atoms with E-state index >= 15 is 0 Å². The molecule has 2 aliphatic rings. The van der Waals surface area contributed by atoms with Crippen LogP contribution in [0.2, 0.25) is 0 Å². The lowest BCUT2D eigenvalue weighted by atomic mass is 10.1. The molecule has 0 atom stereocenters. The van der Waals surface area contributed by atoms with E-state index in [0.717, 1.165) is 5.56 Å². The molecule has 1 saturated carbocycles. The third kappa shape index (κ3) is 2.90. The zero-order valence-corrected chi connectivity index (χ0v) is 15.0. The summed E-state index contributed by atoms with van der Waals surface area (Å²) in [6.45, 7) is 4.65. The van der Waals surface area contributed by atoms with Gasteiger partial charge in [0.2, 0.25) is 0 Å². The number of amides is 2. The normalized spacial score (nSPS) is 19.6. The first-order valence-corrected chi connectivity index (χ1v) is 9.04. The van der Waals surface area contributed by atoms with Crippen molar-refractivity contribution < 1.29 is 9.59 Å². The van der Waals surface area contributed by atoms with Crippen molar-refractivity contribution in [1.29, 1.82) is 0 Å². The molecule has 0 unspecified atom stereocenters. The Hall–Kier alpha value is -1.95. The minimum Gasteiger partial charge on any atom is -0.351 e. The maximum atomic E-state index is 12.6. The Morgan fingerprint density at radius 3 is 2.25 bits per heavy atom. The van der Waals surface area contributed by atoms with Crippen molar-refractivity contribution in [1.82, 2.24) is 14.4 Å². The Kier molecular flexibility index (Phi) is 4.85. The molecule has 6 heteroatoms. The highest BCUT2D eigenvalue weighted by atomic mass is 32.1. The van der Waals surface area contributed by atoms with Crippen molar-refractivity contribution in [3.63, 3.8) is 0 Å². The lowest BCUT2D eigenvalue weighted by molar-refractivity contribution is -0.133. The highest BCUT2D eigenvalue weighted by Crippen LogP contribution is 2.30. The van der Waals surface area contributed by atoms with Crippen LogP contribution in [-0.2, 0) is 9.59 Å². The maximum Gasteiger partial charge on any atom is 0.265 e. The summed E-state index contributed by atoms with van der Waals surface area (Å²) in [4.78, 5) is 28.2. The summed E-state index contributed by atoms with van der Waals surface area (Å²) < 4.78 is 2.21. The van der Waals surface area contributed by atoms with Crippen LogP contribution in [0.15, 0.2) is 24.0 Å². The molecule has 2 fully saturated rings. The van der Waals surface area contributed by atoms with Gasteiger partial charge in [0.25, 0.3) is 11.8 Å². The fraction of sp³-hybridized carbons (Fsp3) is 0.500. The summed E-state index contributed by atoms with van der Waals surface area (Å²) in [5.41, 5.74) is 1.08. The topological polar surface area (TPSA) is 45.6 Å². The molecule has 24 heavy (non-hydrogen) atoms. The number of rotatable bonds is 4. The molecule has 1 aliphatic heterocycles. The summed E-state index contributed by atoms with van der Waals surface area (Å²) >= 11 is 5.27. The number of thiocarbonyl (C=S) groups is 1. The van der Waals surface area contributed by atoms with Crippen LogP contribution >= 0.6 is 12.2 Å². The number of carbonyl (C=O) groups is 2. The van der Waals surface area contributed by atoms with Gasteiger partial charge in [0.15, 0.2) is 5.11 Å². The zero-order chi connectivity index (χ0) is 17.3. The molecule has 0 bridgehead atoms. The molecule has 0 N–H and O–H groups in total. The predicted octanol–water partition coefficient (Wildman–Crippen LogP) is 2.98. The molecule has 128 valence electrons. The first kappa shape index (κ1) is 16.9. The van der Waals surface area contributed by atoms with Gasteiger partial charge in [-0.1, -0.05) is 12.8 Å². The third-order valence-electron chi connectivity index (χ3n) is 4.84. The maximum absolute atomic E-state index is 12.6. The minimum atomic E-state index is -0.300. The SMILES string of the molecule is CCN1C(=O)C(=Cc2ccn(C3CCCC3)c2)C(=O)N(CC)C1=S. The lowest BCUT2D eigenvalue weighted by Gasteiger charge is -2.35. The van der Waals surface area contributed by atoms with Gasteiger partial charge in [-0.25, -0.2) is 0 Å². The van der Waals surface area contributed by atoms with Crippen molar-refractivity contribution in [2.75, 3.05) is 13.1 Å². The van der Waals surface area contributed by atoms with E-state index in [9.17, 15) is 9.59 Å². The van der Waals surface area contributed by atoms with Crippen molar-refractivity contribution >= 4 is 35.2 Å². The number of hydrogen-bond acceptors (Lipinski definition) is 3. The van der Waals surface area contributed by atoms with Crippen LogP contribution in [0, 0.1) is 0 Å². The first-order chi connectivity index (χ1) is 11.6. The Balaban J connectivity index is 1.90. The lowest BCUT2D eigenvalue weighted by Crippen LogP contribution is -2.55. The molecule has 0 spiro atoms. The second-order valence-corrected chi connectivity index (χ2v) is 6.63. The molecule has 2 amide bonds. The number of likely N-dealkylation sites (N-methyl/N-ethyl adjacent to an activating group) is 2. The summed E-state index contributed by atoms with van der Waals surface area (Å²) in [6, 6.07) is 2.51. The van der Waals surface area contributed by atoms with Gasteiger partial charge in [-0.3, -0.25) is 19.4 Å². The van der Waals surface area contributed by atoms with Gasteiger partial charge < -0.3 is 4.57 Å². The van der Waals surface area contributed by atoms with Gasteiger partial charge in [0.05, 0.1) is 0 Å². The van der Waals surface area contributed by atoms with Crippen molar-refractivity contribution in [3.8, 4) is 0 Å². The van der Waals surface area contributed by atoms with E-state index in [1.54, 1.807) is 6.08 Å². The molecule has 1 aromatic rings. The quantitative estimate of drug-likeness (QED) is 0.479. The van der Waals surface area contributed by atoms with Crippen LogP contribution in [-0.4, -0.2) is 44.4 Å². The Labute approximate surface area is 147 Å². The molecule has 5 nitrogen and oxygen atoms in total. The zero-order valence-electron chi connectivity index (χ0n) is 14.2. The third-order valence-corrected chi connectivity index (χ3v) is 5.28. The molecule has 0 aromatic carbocycles. The molecule has 2 heterocycles. The summed E-state index contributed by atoms with van der Waals surface area (Å²) in [5, 5.41) is 0.302. The minimum absolute atomic E-state index is 0.191. The first-order valence-electron chi connectivity index (χ1n) is 8.63. The standard InChI is InChI=1S/C18H23N3O2S/c1-3-20-16(22)15(17(23)21(4-2)18(20)24)11-13-9-10-19(12-13)14-7-5-6-8-14/h9-12,14H,3-8H2,1-2H3. The van der Waals surface area contributed by atoms with E-state index < -0.39 is 0 Å². The molecule has 1 aromatic heterocycles. The summed E-state index contributed by atoms with van der Waals surface area (Å²) in [6.07, 6.45) is 10.7. The van der Waals surface area contributed by atoms with Crippen LogP contribution in [0.4, 0.5) is 0 Å². The van der Waals surface area contributed by atoms with E-state index in [-0.39, 0.29) is 17.4 Å². The van der Waals surface area contributed by atoms with Crippen LogP contribution in [0.25, 0.3) is 6.08 Å². The van der Waals surface area contributed by atoms with Crippen LogP contribution < -0.4 is 0 Å². The van der Waals surface area contributed by atoms with Gasteiger partial charge in [-0.2, -0.15) is 0 Å². The predicted molar refractivity (Wildman–Crippen MR) is 97.3 cm³/mol. The Morgan fingerprint density at radius 1 is 1.12 bits per heavy atom. The summed E-state index contributed by atoms with van der Waals surface area (Å²) in [5.74, 6) is -0.600. The van der Waals surface area contributed by atoms with Crippen molar-refractivity contribution in [2.24, 2.45) is 0 Å². The van der Waals surface area contributed by atoms with E-state index in [2.05, 4.69) is 4.57 Å². The smallest absolute Gasteiger partial charge is 0.265 e.